The number of aromatic nitrogens is 1. The number of carbonyl (C=O) groups is 1. The molecule has 0 radical (unpaired) electrons. The highest BCUT2D eigenvalue weighted by atomic mass is 16.5. The molecule has 0 amide bonds. The van der Waals surface area contributed by atoms with Crippen LogP contribution >= 0.6 is 0 Å². The lowest BCUT2D eigenvalue weighted by Crippen LogP contribution is -2.10. The highest BCUT2D eigenvalue weighted by Crippen LogP contribution is 2.36. The number of H-pyrrole nitrogens is 1. The second-order valence-corrected chi connectivity index (χ2v) is 10.8. The molecule has 216 valence electrons. The van der Waals surface area contributed by atoms with Crippen LogP contribution in [0.25, 0.3) is 22.2 Å². The molecule has 0 atom stereocenters. The zero-order chi connectivity index (χ0) is 29.3. The number of aryl methyl sites for hydroxylation is 2. The second-order valence-electron chi connectivity index (χ2n) is 10.8. The Morgan fingerprint density at radius 1 is 0.810 bits per heavy atom. The van der Waals surface area contributed by atoms with E-state index in [0.717, 1.165) is 70.5 Å². The maximum absolute atomic E-state index is 10.7. The molecule has 0 saturated heterocycles. The monoisotopic (exact) mass is 561 g/mol. The Hall–Kier alpha value is -4.51. The van der Waals surface area contributed by atoms with Gasteiger partial charge in [0.1, 0.15) is 17.6 Å². The van der Waals surface area contributed by atoms with Crippen LogP contribution in [0, 0.1) is 0 Å². The lowest BCUT2D eigenvalue weighted by Gasteiger charge is -2.21. The lowest BCUT2D eigenvalue weighted by atomic mass is 9.97. The van der Waals surface area contributed by atoms with E-state index in [4.69, 9.17) is 14.6 Å². The average molecular weight is 562 g/mol. The molecule has 0 aliphatic carbocycles. The van der Waals surface area contributed by atoms with E-state index in [2.05, 4.69) is 79.5 Å². The summed E-state index contributed by atoms with van der Waals surface area (Å²) in [5.74, 6) is 0.743. The van der Waals surface area contributed by atoms with Crippen molar-refractivity contribution < 1.29 is 19.4 Å². The molecule has 5 heteroatoms. The summed E-state index contributed by atoms with van der Waals surface area (Å²) >= 11 is 0. The number of carboxylic acid groups (broad SMARTS) is 1. The summed E-state index contributed by atoms with van der Waals surface area (Å²) in [5, 5.41) is 9.83. The van der Waals surface area contributed by atoms with E-state index >= 15 is 0 Å². The third-order valence-electron chi connectivity index (χ3n) is 7.48. The van der Waals surface area contributed by atoms with Gasteiger partial charge >= 0.3 is 5.97 Å². The number of rotatable bonds is 14. The molecule has 5 nitrogen and oxygen atoms in total. The van der Waals surface area contributed by atoms with Gasteiger partial charge in [0.2, 0.25) is 0 Å². The van der Waals surface area contributed by atoms with E-state index in [1.165, 1.54) is 11.1 Å². The molecule has 1 heterocycles. The minimum atomic E-state index is -0.808. The molecule has 2 N–H and O–H groups in total. The van der Waals surface area contributed by atoms with E-state index in [1.54, 1.807) is 0 Å². The average Bonchev–Trinajstić information content (AvgIpc) is 3.45. The van der Waals surface area contributed by atoms with Gasteiger partial charge in [0, 0.05) is 23.0 Å². The van der Waals surface area contributed by atoms with Crippen LogP contribution in [0.5, 0.6) is 11.5 Å². The maximum Gasteiger partial charge on any atom is 0.303 e. The highest BCUT2D eigenvalue weighted by molar-refractivity contribution is 5.91. The van der Waals surface area contributed by atoms with Gasteiger partial charge in [-0.05, 0) is 89.5 Å². The van der Waals surface area contributed by atoms with Crippen LogP contribution in [0.2, 0.25) is 0 Å². The van der Waals surface area contributed by atoms with Gasteiger partial charge in [0.15, 0.2) is 0 Å². The molecular formula is C37H39NO4. The predicted molar refractivity (Wildman–Crippen MR) is 169 cm³/mol. The van der Waals surface area contributed by atoms with E-state index in [0.29, 0.717) is 13.0 Å². The Balaban J connectivity index is 1.41. The number of aromatic amines is 1. The van der Waals surface area contributed by atoms with Crippen molar-refractivity contribution in [3.8, 4) is 22.8 Å². The fraction of sp³-hybridized carbons (Fsp3) is 0.270. The highest BCUT2D eigenvalue weighted by Gasteiger charge is 2.19. The SMILES string of the molecule is CCCc1ccc(C(Oc2cccc3[nH]c(-c4ccc(OCCCC(=O)O)cc4)cc23)c2ccc(CCC)cc2)cc1. The van der Waals surface area contributed by atoms with Crippen LogP contribution in [-0.2, 0) is 17.6 Å². The van der Waals surface area contributed by atoms with Crippen molar-refractivity contribution in [2.45, 2.75) is 58.5 Å². The normalized spacial score (nSPS) is 11.2. The molecule has 4 aromatic carbocycles. The molecular weight excluding hydrogens is 522 g/mol. The molecule has 0 unspecified atom stereocenters. The largest absolute Gasteiger partial charge is 0.494 e. The molecule has 1 aromatic heterocycles. The first-order chi connectivity index (χ1) is 20.5. The van der Waals surface area contributed by atoms with Crippen molar-refractivity contribution >= 4 is 16.9 Å². The first-order valence-electron chi connectivity index (χ1n) is 14.9. The molecule has 5 aromatic rings. The molecule has 0 aliphatic heterocycles. The zero-order valence-electron chi connectivity index (χ0n) is 24.4. The zero-order valence-corrected chi connectivity index (χ0v) is 24.4. The van der Waals surface area contributed by atoms with E-state index in [1.807, 2.05) is 36.4 Å². The summed E-state index contributed by atoms with van der Waals surface area (Å²) in [6.45, 7) is 4.79. The summed E-state index contributed by atoms with van der Waals surface area (Å²) < 4.78 is 12.6. The number of carboxylic acids is 1. The van der Waals surface area contributed by atoms with Gasteiger partial charge in [0.05, 0.1) is 6.61 Å². The summed E-state index contributed by atoms with van der Waals surface area (Å²) in [6.07, 6.45) is 4.73. The first-order valence-corrected chi connectivity index (χ1v) is 14.9. The van der Waals surface area contributed by atoms with Crippen molar-refractivity contribution in [1.29, 1.82) is 0 Å². The second kappa shape index (κ2) is 13.9. The molecule has 0 aliphatic rings. The third-order valence-corrected chi connectivity index (χ3v) is 7.48. The molecule has 42 heavy (non-hydrogen) atoms. The Labute approximate surface area is 248 Å². The predicted octanol–water partition coefficient (Wildman–Crippen LogP) is 9.15. The Bertz CT molecular complexity index is 1530. The number of aliphatic carboxylic acids is 1. The molecule has 0 bridgehead atoms. The standard InChI is InChI=1S/C37H39NO4/c1-3-7-26-12-16-29(17-13-26)37(30-18-14-27(8-4-2)15-19-30)42-35-10-5-9-33-32(35)25-34(38-33)28-20-22-31(23-21-28)41-24-6-11-36(39)40/h5,9-10,12-23,25,37-38H,3-4,6-8,11,24H2,1-2H3,(H,39,40). The molecule has 0 saturated carbocycles. The minimum absolute atomic E-state index is 0.104. The minimum Gasteiger partial charge on any atom is -0.494 e. The summed E-state index contributed by atoms with van der Waals surface area (Å²) in [6, 6.07) is 33.8. The van der Waals surface area contributed by atoms with Gasteiger partial charge in [0.25, 0.3) is 0 Å². The van der Waals surface area contributed by atoms with Crippen molar-refractivity contribution in [2.75, 3.05) is 6.61 Å². The molecule has 0 fully saturated rings. The van der Waals surface area contributed by atoms with E-state index in [-0.39, 0.29) is 12.5 Å². The summed E-state index contributed by atoms with van der Waals surface area (Å²) in [4.78, 5) is 14.3. The Morgan fingerprint density at radius 2 is 1.43 bits per heavy atom. The summed E-state index contributed by atoms with van der Waals surface area (Å²) in [5.41, 5.74) is 7.97. The Kier molecular flexibility index (Phi) is 9.60. The van der Waals surface area contributed by atoms with Crippen molar-refractivity contribution in [1.82, 2.24) is 4.98 Å². The smallest absolute Gasteiger partial charge is 0.303 e. The van der Waals surface area contributed by atoms with Gasteiger partial charge in [-0.2, -0.15) is 0 Å². The number of nitrogens with one attached hydrogen (secondary N) is 1. The number of benzene rings is 4. The van der Waals surface area contributed by atoms with Gasteiger partial charge in [-0.3, -0.25) is 4.79 Å². The van der Waals surface area contributed by atoms with Gasteiger partial charge in [-0.15, -0.1) is 0 Å². The van der Waals surface area contributed by atoms with Gasteiger partial charge in [-0.25, -0.2) is 0 Å². The topological polar surface area (TPSA) is 71.5 Å². The van der Waals surface area contributed by atoms with Crippen LogP contribution in [0.4, 0.5) is 0 Å². The number of ether oxygens (including phenoxy) is 2. The number of fused-ring (bicyclic) bond motifs is 1. The lowest BCUT2D eigenvalue weighted by molar-refractivity contribution is -0.137. The third kappa shape index (κ3) is 7.22. The molecule has 5 rings (SSSR count). The maximum atomic E-state index is 10.7. The van der Waals surface area contributed by atoms with Gasteiger partial charge < -0.3 is 19.6 Å². The van der Waals surface area contributed by atoms with E-state index < -0.39 is 5.97 Å². The molecule has 0 spiro atoms. The number of hydrogen-bond acceptors (Lipinski definition) is 3. The fourth-order valence-corrected chi connectivity index (χ4v) is 5.28. The first kappa shape index (κ1) is 29.0. The van der Waals surface area contributed by atoms with Crippen molar-refractivity contribution in [3.05, 3.63) is 119 Å². The van der Waals surface area contributed by atoms with Crippen LogP contribution in [0.15, 0.2) is 97.1 Å². The van der Waals surface area contributed by atoms with Crippen LogP contribution in [0.3, 0.4) is 0 Å². The van der Waals surface area contributed by atoms with Crippen molar-refractivity contribution in [3.63, 3.8) is 0 Å². The Morgan fingerprint density at radius 3 is 2.00 bits per heavy atom. The fourth-order valence-electron chi connectivity index (χ4n) is 5.28. The summed E-state index contributed by atoms with van der Waals surface area (Å²) in [7, 11) is 0. The van der Waals surface area contributed by atoms with Crippen LogP contribution in [-0.4, -0.2) is 22.7 Å². The quantitative estimate of drug-likeness (QED) is 0.133. The van der Waals surface area contributed by atoms with Crippen LogP contribution < -0.4 is 9.47 Å². The van der Waals surface area contributed by atoms with Gasteiger partial charge in [-0.1, -0.05) is 81.3 Å². The number of hydrogen-bond donors (Lipinski definition) is 2. The van der Waals surface area contributed by atoms with Crippen molar-refractivity contribution in [2.24, 2.45) is 0 Å². The van der Waals surface area contributed by atoms with Crippen LogP contribution in [0.1, 0.15) is 67.9 Å². The van der Waals surface area contributed by atoms with E-state index in [9.17, 15) is 4.79 Å².